The van der Waals surface area contributed by atoms with Gasteiger partial charge in [0.1, 0.15) is 0 Å². The number of nitrogens with one attached hydrogen (secondary N) is 1. The average molecular weight is 246 g/mol. The Morgan fingerprint density at radius 1 is 1.46 bits per heavy atom. The smallest absolute Gasteiger partial charge is 0.216 e. The third-order valence-electron chi connectivity index (χ3n) is 1.14. The fourth-order valence-electron chi connectivity index (χ4n) is 0.581. The van der Waals surface area contributed by atoms with Crippen molar-refractivity contribution in [1.29, 1.82) is 0 Å². The highest BCUT2D eigenvalue weighted by Gasteiger charge is 2.25. The van der Waals surface area contributed by atoms with Crippen molar-refractivity contribution in [3.63, 3.8) is 0 Å². The van der Waals surface area contributed by atoms with Crippen LogP contribution in [-0.4, -0.2) is 19.7 Å². The Labute approximate surface area is 83.6 Å². The lowest BCUT2D eigenvalue weighted by Crippen LogP contribution is -2.21. The van der Waals surface area contributed by atoms with Crippen LogP contribution < -0.4 is 4.98 Å². The second-order valence-electron chi connectivity index (χ2n) is 2.23. The van der Waals surface area contributed by atoms with E-state index in [1.807, 2.05) is 0 Å². The van der Waals surface area contributed by atoms with Gasteiger partial charge in [-0.1, -0.05) is 0 Å². The molecular weight excluding hydrogens is 242 g/mol. The van der Waals surface area contributed by atoms with Crippen LogP contribution in [0.2, 0.25) is 10.3 Å². The van der Waals surface area contributed by atoms with Gasteiger partial charge < -0.3 is 0 Å². The molecule has 0 saturated heterocycles. The highest BCUT2D eigenvalue weighted by atomic mass is 35.5. The molecule has 0 aliphatic rings. The van der Waals surface area contributed by atoms with E-state index in [4.69, 9.17) is 23.2 Å². The maximum absolute atomic E-state index is 12.7. The number of aromatic amines is 1. The number of H-pyrrole nitrogens is 1. The van der Waals surface area contributed by atoms with Crippen molar-refractivity contribution < 1.29 is 17.8 Å². The van der Waals surface area contributed by atoms with Crippen molar-refractivity contribution >= 4 is 33.0 Å². The maximum Gasteiger partial charge on any atom is 0.417 e. The molecule has 4 nitrogen and oxygen atoms in total. The first-order valence-corrected chi connectivity index (χ1v) is 5.61. The molecule has 1 aromatic rings. The van der Waals surface area contributed by atoms with Gasteiger partial charge >= 0.3 is 5.16 Å². The van der Waals surface area contributed by atoms with Crippen LogP contribution in [0.15, 0.2) is 5.16 Å². The van der Waals surface area contributed by atoms with E-state index in [9.17, 15) is 12.8 Å². The van der Waals surface area contributed by atoms with E-state index < -0.39 is 31.1 Å². The summed E-state index contributed by atoms with van der Waals surface area (Å²) in [6.07, 6.45) is 0.899. The third-order valence-corrected chi connectivity index (χ3v) is 2.55. The van der Waals surface area contributed by atoms with Gasteiger partial charge in [-0.05, 0) is 28.2 Å². The lowest BCUT2D eigenvalue weighted by atomic mass is 10.6. The molecule has 0 bridgehead atoms. The van der Waals surface area contributed by atoms with Gasteiger partial charge in [0.05, 0.1) is 6.26 Å². The van der Waals surface area contributed by atoms with Crippen LogP contribution in [0.3, 0.4) is 0 Å². The molecule has 0 aromatic carbocycles. The van der Waals surface area contributed by atoms with Gasteiger partial charge in [-0.3, -0.25) is 0 Å². The van der Waals surface area contributed by atoms with Crippen molar-refractivity contribution in [3.05, 3.63) is 16.1 Å². The van der Waals surface area contributed by atoms with E-state index in [1.54, 1.807) is 0 Å². The maximum atomic E-state index is 12.7. The summed E-state index contributed by atoms with van der Waals surface area (Å²) < 4.78 is 34.6. The molecule has 0 amide bonds. The number of sulfone groups is 1. The molecule has 0 aliphatic heterocycles. The molecular formula is C5H4Cl2FN2O2S+. The molecule has 72 valence electrons. The lowest BCUT2D eigenvalue weighted by Gasteiger charge is -1.91. The zero-order valence-corrected chi connectivity index (χ0v) is 8.63. The Bertz CT molecular complexity index is 425. The SMILES string of the molecule is CS(=O)(=O)c1nc(Cl)c(F)c(Cl)[nH+]1. The first-order chi connectivity index (χ1) is 5.82. The van der Waals surface area contributed by atoms with Crippen LogP contribution >= 0.6 is 23.2 Å². The standard InChI is InChI=1S/C5H3Cl2FN2O2S/c1-13(11,12)5-9-3(6)2(8)4(7)10-5/h1H3/p+1. The van der Waals surface area contributed by atoms with Crippen LogP contribution in [0.25, 0.3) is 0 Å². The topological polar surface area (TPSA) is 61.2 Å². The van der Waals surface area contributed by atoms with Crippen molar-refractivity contribution in [2.24, 2.45) is 0 Å². The largest absolute Gasteiger partial charge is 0.417 e. The van der Waals surface area contributed by atoms with E-state index in [1.165, 1.54) is 0 Å². The summed E-state index contributed by atoms with van der Waals surface area (Å²) in [5.41, 5.74) is 0. The summed E-state index contributed by atoms with van der Waals surface area (Å²) in [6.45, 7) is 0. The Morgan fingerprint density at radius 3 is 2.38 bits per heavy atom. The van der Waals surface area contributed by atoms with Gasteiger partial charge in [0.15, 0.2) is 0 Å². The van der Waals surface area contributed by atoms with Crippen molar-refractivity contribution in [2.45, 2.75) is 5.16 Å². The van der Waals surface area contributed by atoms with Crippen LogP contribution in [0.1, 0.15) is 0 Å². The molecule has 1 N–H and O–H groups in total. The molecule has 1 aromatic heterocycles. The van der Waals surface area contributed by atoms with E-state index in [0.717, 1.165) is 6.26 Å². The number of halogens is 3. The second-order valence-corrected chi connectivity index (χ2v) is 4.90. The van der Waals surface area contributed by atoms with Crippen LogP contribution in [0.4, 0.5) is 4.39 Å². The summed E-state index contributed by atoms with van der Waals surface area (Å²) in [5, 5.41) is -1.53. The zero-order valence-electron chi connectivity index (χ0n) is 6.31. The minimum absolute atomic E-state index is 0.469. The molecule has 0 fully saturated rings. The van der Waals surface area contributed by atoms with Crippen molar-refractivity contribution in [2.75, 3.05) is 6.26 Å². The first-order valence-electron chi connectivity index (χ1n) is 2.96. The van der Waals surface area contributed by atoms with Crippen molar-refractivity contribution in [1.82, 2.24) is 4.98 Å². The van der Waals surface area contributed by atoms with Gasteiger partial charge in [-0.2, -0.15) is 4.39 Å². The van der Waals surface area contributed by atoms with E-state index >= 15 is 0 Å². The summed E-state index contributed by atoms with van der Waals surface area (Å²) in [5.74, 6) is -0.976. The molecule has 0 saturated carbocycles. The number of hydrogen-bond acceptors (Lipinski definition) is 3. The lowest BCUT2D eigenvalue weighted by molar-refractivity contribution is -0.435. The fraction of sp³-hybridized carbons (Fsp3) is 0.200. The minimum atomic E-state index is -3.57. The number of hydrogen-bond donors (Lipinski definition) is 0. The Morgan fingerprint density at radius 2 is 2.00 bits per heavy atom. The molecule has 8 heteroatoms. The highest BCUT2D eigenvalue weighted by Crippen LogP contribution is 2.16. The molecule has 0 radical (unpaired) electrons. The molecule has 0 atom stereocenters. The number of aromatic nitrogens is 2. The zero-order chi connectivity index (χ0) is 10.2. The highest BCUT2D eigenvalue weighted by molar-refractivity contribution is 7.90. The van der Waals surface area contributed by atoms with Gasteiger partial charge in [-0.25, -0.2) is 13.4 Å². The van der Waals surface area contributed by atoms with Gasteiger partial charge in [0.2, 0.25) is 11.0 Å². The summed E-state index contributed by atoms with van der Waals surface area (Å²) in [6, 6.07) is 0. The summed E-state index contributed by atoms with van der Waals surface area (Å²) in [7, 11) is -3.57. The third kappa shape index (κ3) is 2.26. The number of nitrogens with zero attached hydrogens (tertiary/aromatic N) is 1. The molecule has 1 heterocycles. The summed E-state index contributed by atoms with van der Waals surface area (Å²) >= 11 is 10.6. The van der Waals surface area contributed by atoms with Gasteiger partial charge in [-0.15, -0.1) is 0 Å². The first kappa shape index (κ1) is 10.6. The Kier molecular flexibility index (Phi) is 2.74. The predicted molar refractivity (Wildman–Crippen MR) is 43.9 cm³/mol. The second kappa shape index (κ2) is 3.36. The van der Waals surface area contributed by atoms with E-state index in [2.05, 4.69) is 9.97 Å². The number of rotatable bonds is 1. The monoisotopic (exact) mass is 245 g/mol. The van der Waals surface area contributed by atoms with E-state index in [-0.39, 0.29) is 0 Å². The van der Waals surface area contributed by atoms with Crippen LogP contribution in [-0.2, 0) is 9.84 Å². The molecule has 0 spiro atoms. The molecule has 13 heavy (non-hydrogen) atoms. The Hall–Kier alpha value is -0.460. The fourth-order valence-corrected chi connectivity index (χ4v) is 1.64. The quantitative estimate of drug-likeness (QED) is 0.542. The normalized spacial score (nSPS) is 11.7. The van der Waals surface area contributed by atoms with Gasteiger partial charge in [0, 0.05) is 0 Å². The summed E-state index contributed by atoms with van der Waals surface area (Å²) in [4.78, 5) is 5.33. The minimum Gasteiger partial charge on any atom is -0.216 e. The van der Waals surface area contributed by atoms with Crippen molar-refractivity contribution in [3.8, 4) is 0 Å². The average Bonchev–Trinajstić information content (AvgIpc) is 1.97. The molecule has 1 rings (SSSR count). The van der Waals surface area contributed by atoms with Crippen LogP contribution in [0.5, 0.6) is 0 Å². The Balaban J connectivity index is 3.47. The van der Waals surface area contributed by atoms with Crippen LogP contribution in [0, 0.1) is 5.82 Å². The molecule has 0 aliphatic carbocycles. The molecule has 0 unspecified atom stereocenters. The predicted octanol–water partition coefficient (Wildman–Crippen LogP) is 0.745. The van der Waals surface area contributed by atoms with Gasteiger partial charge in [0.25, 0.3) is 15.0 Å². The van der Waals surface area contributed by atoms with E-state index in [0.29, 0.717) is 0 Å².